The zero-order chi connectivity index (χ0) is 19.4. The summed E-state index contributed by atoms with van der Waals surface area (Å²) in [5.74, 6) is -1.44. The van der Waals surface area contributed by atoms with Gasteiger partial charge in [0.15, 0.2) is 9.84 Å². The fourth-order valence-electron chi connectivity index (χ4n) is 4.11. The van der Waals surface area contributed by atoms with Crippen LogP contribution in [-0.2, 0) is 14.6 Å². The fourth-order valence-corrected chi connectivity index (χ4v) is 6.15. The van der Waals surface area contributed by atoms with Crippen LogP contribution < -0.4 is 5.32 Å². The minimum absolute atomic E-state index is 0.139. The van der Waals surface area contributed by atoms with Crippen molar-refractivity contribution in [2.75, 3.05) is 25.4 Å². The van der Waals surface area contributed by atoms with Gasteiger partial charge in [-0.25, -0.2) is 12.8 Å². The van der Waals surface area contributed by atoms with Gasteiger partial charge in [0.2, 0.25) is 5.91 Å². The highest BCUT2D eigenvalue weighted by Crippen LogP contribution is 2.32. The molecule has 1 aromatic carbocycles. The lowest BCUT2D eigenvalue weighted by molar-refractivity contribution is -0.118. The van der Waals surface area contributed by atoms with Crippen molar-refractivity contribution in [3.63, 3.8) is 0 Å². The summed E-state index contributed by atoms with van der Waals surface area (Å²) in [6.45, 7) is 1.73. The molecule has 1 aliphatic carbocycles. The lowest BCUT2D eigenvalue weighted by Gasteiger charge is -2.29. The van der Waals surface area contributed by atoms with Gasteiger partial charge >= 0.3 is 0 Å². The maximum atomic E-state index is 14.4. The van der Waals surface area contributed by atoms with Crippen LogP contribution in [0.4, 0.5) is 4.39 Å². The number of hydrogen-bond donors (Lipinski definition) is 1. The zero-order valence-electron chi connectivity index (χ0n) is 15.3. The summed E-state index contributed by atoms with van der Waals surface area (Å²) in [7, 11) is -3.43. The standard InChI is InChI=1S/C19H26ClFN2O3S/c20-15-8-5-9-16(21)19(15)17(23-10-3-4-11-23)12-22-18(24)13-27(25,26)14-6-1-2-7-14/h5,8-9,14,17H,1-4,6-7,10-13H2,(H,22,24). The summed E-state index contributed by atoms with van der Waals surface area (Å²) in [4.78, 5) is 14.4. The van der Waals surface area contributed by atoms with Crippen LogP contribution in [-0.4, -0.2) is 49.9 Å². The Balaban J connectivity index is 1.68. The number of carbonyl (C=O) groups is 1. The van der Waals surface area contributed by atoms with Gasteiger partial charge in [0.1, 0.15) is 11.6 Å². The molecule has 8 heteroatoms. The average Bonchev–Trinajstić information content (AvgIpc) is 3.30. The Labute approximate surface area is 165 Å². The summed E-state index contributed by atoms with van der Waals surface area (Å²) in [6.07, 6.45) is 5.08. The molecule has 1 aromatic rings. The molecule has 2 fully saturated rings. The molecule has 0 bridgehead atoms. The average molecular weight is 417 g/mol. The number of sulfone groups is 1. The van der Waals surface area contributed by atoms with Crippen molar-refractivity contribution in [3.8, 4) is 0 Å². The summed E-state index contributed by atoms with van der Waals surface area (Å²) < 4.78 is 39.2. The fraction of sp³-hybridized carbons (Fsp3) is 0.632. The largest absolute Gasteiger partial charge is 0.353 e. The van der Waals surface area contributed by atoms with Gasteiger partial charge in [-0.15, -0.1) is 0 Å². The first-order valence-electron chi connectivity index (χ1n) is 9.54. The predicted molar refractivity (Wildman–Crippen MR) is 104 cm³/mol. The smallest absolute Gasteiger partial charge is 0.235 e. The maximum Gasteiger partial charge on any atom is 0.235 e. The molecule has 0 spiro atoms. The van der Waals surface area contributed by atoms with Gasteiger partial charge in [-0.1, -0.05) is 30.5 Å². The predicted octanol–water partition coefficient (Wildman–Crippen LogP) is 3.09. The second kappa shape index (κ2) is 8.88. The molecule has 5 nitrogen and oxygen atoms in total. The highest BCUT2D eigenvalue weighted by atomic mass is 35.5. The molecule has 1 unspecified atom stereocenters. The van der Waals surface area contributed by atoms with Crippen molar-refractivity contribution in [2.24, 2.45) is 0 Å². The van der Waals surface area contributed by atoms with E-state index in [1.54, 1.807) is 12.1 Å². The van der Waals surface area contributed by atoms with E-state index < -0.39 is 38.6 Å². The molecule has 1 saturated heterocycles. The minimum atomic E-state index is -3.43. The number of halogens is 2. The molecule has 1 aliphatic heterocycles. The summed E-state index contributed by atoms with van der Waals surface area (Å²) in [5.41, 5.74) is 0.361. The normalized spacial score (nSPS) is 20.1. The van der Waals surface area contributed by atoms with Gasteiger partial charge in [0.25, 0.3) is 0 Å². The van der Waals surface area contributed by atoms with Crippen molar-refractivity contribution in [1.82, 2.24) is 10.2 Å². The lowest BCUT2D eigenvalue weighted by atomic mass is 10.0. The number of amides is 1. The number of nitrogens with zero attached hydrogens (tertiary/aromatic N) is 1. The van der Waals surface area contributed by atoms with E-state index in [2.05, 4.69) is 10.2 Å². The van der Waals surface area contributed by atoms with Gasteiger partial charge < -0.3 is 5.32 Å². The van der Waals surface area contributed by atoms with Crippen molar-refractivity contribution >= 4 is 27.3 Å². The Morgan fingerprint density at radius 3 is 2.52 bits per heavy atom. The molecule has 1 N–H and O–H groups in total. The van der Waals surface area contributed by atoms with Crippen LogP contribution in [0.25, 0.3) is 0 Å². The zero-order valence-corrected chi connectivity index (χ0v) is 16.9. The second-order valence-corrected chi connectivity index (χ2v) is 10.1. The van der Waals surface area contributed by atoms with E-state index in [0.717, 1.165) is 38.8 Å². The van der Waals surface area contributed by atoms with Gasteiger partial charge in [0, 0.05) is 17.1 Å². The Bertz CT molecular complexity index is 755. The maximum absolute atomic E-state index is 14.4. The molecule has 1 atom stereocenters. The molecule has 0 aromatic heterocycles. The molecule has 150 valence electrons. The molecule has 27 heavy (non-hydrogen) atoms. The third kappa shape index (κ3) is 5.00. The first kappa shape index (κ1) is 20.6. The molecule has 1 heterocycles. The van der Waals surface area contributed by atoms with E-state index in [1.807, 2.05) is 0 Å². The van der Waals surface area contributed by atoms with Crippen molar-refractivity contribution in [3.05, 3.63) is 34.6 Å². The van der Waals surface area contributed by atoms with Crippen LogP contribution in [0.1, 0.15) is 50.1 Å². The molecular weight excluding hydrogens is 391 g/mol. The van der Waals surface area contributed by atoms with Gasteiger partial charge in [-0.3, -0.25) is 9.69 Å². The third-order valence-corrected chi connectivity index (χ3v) is 8.03. The van der Waals surface area contributed by atoms with Crippen molar-refractivity contribution < 1.29 is 17.6 Å². The summed E-state index contributed by atoms with van der Waals surface area (Å²) in [5, 5.41) is 2.62. The quantitative estimate of drug-likeness (QED) is 0.741. The van der Waals surface area contributed by atoms with E-state index in [4.69, 9.17) is 11.6 Å². The Hall–Kier alpha value is -1.18. The first-order chi connectivity index (χ1) is 12.9. The van der Waals surface area contributed by atoms with Gasteiger partial charge in [-0.2, -0.15) is 0 Å². The molecule has 3 rings (SSSR count). The van der Waals surface area contributed by atoms with Crippen molar-refractivity contribution in [2.45, 2.75) is 49.8 Å². The molecule has 0 radical (unpaired) electrons. The monoisotopic (exact) mass is 416 g/mol. The topological polar surface area (TPSA) is 66.5 Å². The van der Waals surface area contributed by atoms with Crippen LogP contribution in [0, 0.1) is 5.82 Å². The number of carbonyl (C=O) groups excluding carboxylic acids is 1. The van der Waals surface area contributed by atoms with Crippen LogP contribution in [0.2, 0.25) is 5.02 Å². The first-order valence-corrected chi connectivity index (χ1v) is 11.6. The van der Waals surface area contributed by atoms with Crippen LogP contribution in [0.3, 0.4) is 0 Å². The molecule has 1 saturated carbocycles. The minimum Gasteiger partial charge on any atom is -0.353 e. The Morgan fingerprint density at radius 2 is 1.89 bits per heavy atom. The number of nitrogens with one attached hydrogen (secondary N) is 1. The van der Waals surface area contributed by atoms with Crippen LogP contribution in [0.5, 0.6) is 0 Å². The number of benzene rings is 1. The van der Waals surface area contributed by atoms with Gasteiger partial charge in [-0.05, 0) is 50.9 Å². The highest BCUT2D eigenvalue weighted by Gasteiger charge is 2.32. The number of likely N-dealkylation sites (tertiary alicyclic amines) is 1. The van der Waals surface area contributed by atoms with E-state index in [9.17, 15) is 17.6 Å². The number of hydrogen-bond acceptors (Lipinski definition) is 4. The van der Waals surface area contributed by atoms with E-state index in [0.29, 0.717) is 23.4 Å². The summed E-state index contributed by atoms with van der Waals surface area (Å²) >= 11 is 6.24. The molecule has 1 amide bonds. The van der Waals surface area contributed by atoms with E-state index in [-0.39, 0.29) is 6.54 Å². The SMILES string of the molecule is O=C(CS(=O)(=O)C1CCCC1)NCC(c1c(F)cccc1Cl)N1CCCC1. The van der Waals surface area contributed by atoms with E-state index in [1.165, 1.54) is 6.07 Å². The summed E-state index contributed by atoms with van der Waals surface area (Å²) in [6, 6.07) is 4.14. The third-order valence-electron chi connectivity index (χ3n) is 5.55. The van der Waals surface area contributed by atoms with Gasteiger partial charge in [0.05, 0.1) is 11.3 Å². The number of rotatable bonds is 7. The van der Waals surface area contributed by atoms with Crippen molar-refractivity contribution in [1.29, 1.82) is 0 Å². The molecular formula is C19H26ClFN2O3S. The molecule has 2 aliphatic rings. The Morgan fingerprint density at radius 1 is 1.22 bits per heavy atom. The van der Waals surface area contributed by atoms with E-state index >= 15 is 0 Å². The highest BCUT2D eigenvalue weighted by molar-refractivity contribution is 7.92. The Kier molecular flexibility index (Phi) is 6.76. The second-order valence-electron chi connectivity index (χ2n) is 7.41. The van der Waals surface area contributed by atoms with Crippen LogP contribution in [0.15, 0.2) is 18.2 Å². The lowest BCUT2D eigenvalue weighted by Crippen LogP contribution is -2.40. The van der Waals surface area contributed by atoms with Crippen LogP contribution >= 0.6 is 11.6 Å².